The van der Waals surface area contributed by atoms with Crippen LogP contribution in [0, 0.1) is 11.3 Å². The lowest BCUT2D eigenvalue weighted by Gasteiger charge is -2.43. The van der Waals surface area contributed by atoms with Crippen LogP contribution in [0.25, 0.3) is 0 Å². The molecule has 5 heteroatoms. The summed E-state index contributed by atoms with van der Waals surface area (Å²) in [5.74, 6) is 1.62. The highest BCUT2D eigenvalue weighted by molar-refractivity contribution is 5.79. The molecule has 0 bridgehead atoms. The van der Waals surface area contributed by atoms with Gasteiger partial charge in [0, 0.05) is 50.8 Å². The summed E-state index contributed by atoms with van der Waals surface area (Å²) >= 11 is 0. The standard InChI is InChI=1S/C23H34N2O3/c1-27-16-19-15-25(20-7-5-8-20)17-23(19)10-12-24(13-11-23)22(26)14-18-6-3-4-9-21(18)28-2/h3-4,6,9,19-20H,5,7-8,10-17H2,1-2H3. The van der Waals surface area contributed by atoms with E-state index in [-0.39, 0.29) is 5.91 Å². The Balaban J connectivity index is 1.38. The topological polar surface area (TPSA) is 42.0 Å². The van der Waals surface area contributed by atoms with E-state index in [2.05, 4.69) is 9.80 Å². The van der Waals surface area contributed by atoms with Crippen molar-refractivity contribution >= 4 is 5.91 Å². The summed E-state index contributed by atoms with van der Waals surface area (Å²) < 4.78 is 11.0. The Labute approximate surface area is 169 Å². The molecule has 28 heavy (non-hydrogen) atoms. The maximum Gasteiger partial charge on any atom is 0.227 e. The van der Waals surface area contributed by atoms with Crippen LogP contribution >= 0.6 is 0 Å². The minimum atomic E-state index is 0.219. The van der Waals surface area contributed by atoms with Crippen LogP contribution in [0.1, 0.15) is 37.7 Å². The van der Waals surface area contributed by atoms with E-state index in [1.807, 2.05) is 31.4 Å². The van der Waals surface area contributed by atoms with Gasteiger partial charge in [-0.3, -0.25) is 9.69 Å². The second kappa shape index (κ2) is 8.42. The van der Waals surface area contributed by atoms with Gasteiger partial charge >= 0.3 is 0 Å². The molecule has 2 saturated heterocycles. The van der Waals surface area contributed by atoms with Gasteiger partial charge < -0.3 is 14.4 Å². The summed E-state index contributed by atoms with van der Waals surface area (Å²) in [6.07, 6.45) is 6.73. The van der Waals surface area contributed by atoms with E-state index in [1.165, 1.54) is 32.4 Å². The largest absolute Gasteiger partial charge is 0.496 e. The second-order valence-electron chi connectivity index (χ2n) is 8.90. The maximum atomic E-state index is 12.9. The van der Waals surface area contributed by atoms with Crippen molar-refractivity contribution in [2.45, 2.75) is 44.6 Å². The zero-order chi connectivity index (χ0) is 19.6. The number of nitrogens with zero attached hydrogens (tertiary/aromatic N) is 2. The smallest absolute Gasteiger partial charge is 0.227 e. The average Bonchev–Trinajstić information content (AvgIpc) is 2.98. The lowest BCUT2D eigenvalue weighted by molar-refractivity contribution is -0.133. The second-order valence-corrected chi connectivity index (χ2v) is 8.90. The van der Waals surface area contributed by atoms with Gasteiger partial charge in [0.1, 0.15) is 5.75 Å². The predicted molar refractivity (Wildman–Crippen MR) is 110 cm³/mol. The van der Waals surface area contributed by atoms with Crippen LogP contribution in [0.5, 0.6) is 5.75 Å². The minimum absolute atomic E-state index is 0.219. The van der Waals surface area contributed by atoms with E-state index in [1.54, 1.807) is 7.11 Å². The Kier molecular flexibility index (Phi) is 5.93. The van der Waals surface area contributed by atoms with Crippen molar-refractivity contribution in [1.29, 1.82) is 0 Å². The van der Waals surface area contributed by atoms with Crippen LogP contribution in [0.4, 0.5) is 0 Å². The SMILES string of the molecule is COCC1CN(C2CCC2)CC12CCN(C(=O)Cc1ccccc1OC)CC2. The van der Waals surface area contributed by atoms with Crippen molar-refractivity contribution in [2.75, 3.05) is 47.0 Å². The van der Waals surface area contributed by atoms with Crippen LogP contribution in [0.2, 0.25) is 0 Å². The van der Waals surface area contributed by atoms with Crippen molar-refractivity contribution in [3.63, 3.8) is 0 Å². The molecule has 0 radical (unpaired) electrons. The number of piperidine rings is 1. The van der Waals surface area contributed by atoms with Gasteiger partial charge in [-0.1, -0.05) is 24.6 Å². The molecule has 1 aromatic carbocycles. The fourth-order valence-electron chi connectivity index (χ4n) is 5.43. The molecule has 2 aliphatic heterocycles. The zero-order valence-corrected chi connectivity index (χ0v) is 17.4. The van der Waals surface area contributed by atoms with Gasteiger partial charge in [-0.05, 0) is 37.2 Å². The molecule has 1 unspecified atom stereocenters. The monoisotopic (exact) mass is 386 g/mol. The summed E-state index contributed by atoms with van der Waals surface area (Å²) in [5, 5.41) is 0. The molecule has 4 rings (SSSR count). The summed E-state index contributed by atoms with van der Waals surface area (Å²) in [4.78, 5) is 17.7. The number of amides is 1. The maximum absolute atomic E-state index is 12.9. The molecule has 2 heterocycles. The van der Waals surface area contributed by atoms with E-state index in [0.29, 0.717) is 17.8 Å². The number of likely N-dealkylation sites (tertiary alicyclic amines) is 2. The van der Waals surface area contributed by atoms with Gasteiger partial charge in [-0.25, -0.2) is 0 Å². The quantitative estimate of drug-likeness (QED) is 0.754. The first-order chi connectivity index (χ1) is 13.6. The number of hydrogen-bond acceptors (Lipinski definition) is 4. The molecule has 0 aromatic heterocycles. The molecule has 3 aliphatic rings. The highest BCUT2D eigenvalue weighted by Gasteiger charge is 2.50. The number of carbonyl (C=O) groups excluding carboxylic acids is 1. The van der Waals surface area contributed by atoms with E-state index < -0.39 is 0 Å². The van der Waals surface area contributed by atoms with Crippen LogP contribution in [0.3, 0.4) is 0 Å². The molecule has 1 spiro atoms. The van der Waals surface area contributed by atoms with Gasteiger partial charge in [-0.2, -0.15) is 0 Å². The minimum Gasteiger partial charge on any atom is -0.496 e. The van der Waals surface area contributed by atoms with Gasteiger partial charge in [0.2, 0.25) is 5.91 Å². The number of hydrogen-bond donors (Lipinski definition) is 0. The Morgan fingerprint density at radius 3 is 2.57 bits per heavy atom. The number of benzene rings is 1. The summed E-state index contributed by atoms with van der Waals surface area (Å²) in [6.45, 7) is 4.95. The van der Waals surface area contributed by atoms with Gasteiger partial charge in [0.15, 0.2) is 0 Å². The summed E-state index contributed by atoms with van der Waals surface area (Å²) in [5.41, 5.74) is 1.30. The highest BCUT2D eigenvalue weighted by Crippen LogP contribution is 2.47. The van der Waals surface area contributed by atoms with Crippen molar-refractivity contribution in [3.8, 4) is 5.75 Å². The van der Waals surface area contributed by atoms with Crippen molar-refractivity contribution in [2.24, 2.45) is 11.3 Å². The Hall–Kier alpha value is -1.59. The lowest BCUT2D eigenvalue weighted by atomic mass is 9.71. The third kappa shape index (κ3) is 3.79. The number of para-hydroxylation sites is 1. The molecule has 5 nitrogen and oxygen atoms in total. The Morgan fingerprint density at radius 2 is 1.93 bits per heavy atom. The molecular weight excluding hydrogens is 352 g/mol. The van der Waals surface area contributed by atoms with Crippen LogP contribution in [-0.4, -0.2) is 68.8 Å². The number of ether oxygens (including phenoxy) is 2. The molecule has 1 atom stereocenters. The fraction of sp³-hybridized carbons (Fsp3) is 0.696. The van der Waals surface area contributed by atoms with Crippen LogP contribution < -0.4 is 4.74 Å². The normalized spacial score (nSPS) is 25.1. The lowest BCUT2D eigenvalue weighted by Crippen LogP contribution is -2.48. The van der Waals surface area contributed by atoms with Crippen molar-refractivity contribution < 1.29 is 14.3 Å². The summed E-state index contributed by atoms with van der Waals surface area (Å²) in [6, 6.07) is 8.63. The van der Waals surface area contributed by atoms with Crippen LogP contribution in [0.15, 0.2) is 24.3 Å². The van der Waals surface area contributed by atoms with Crippen LogP contribution in [-0.2, 0) is 16.0 Å². The number of carbonyl (C=O) groups is 1. The molecule has 1 saturated carbocycles. The molecule has 1 aliphatic carbocycles. The fourth-order valence-corrected chi connectivity index (χ4v) is 5.43. The van der Waals surface area contributed by atoms with Crippen molar-refractivity contribution in [1.82, 2.24) is 9.80 Å². The third-order valence-corrected chi connectivity index (χ3v) is 7.44. The molecule has 1 amide bonds. The molecule has 154 valence electrons. The number of rotatable bonds is 6. The Morgan fingerprint density at radius 1 is 1.18 bits per heavy atom. The third-order valence-electron chi connectivity index (χ3n) is 7.44. The molecular formula is C23H34N2O3. The van der Waals surface area contributed by atoms with E-state index in [9.17, 15) is 4.79 Å². The first kappa shape index (κ1) is 19.7. The van der Waals surface area contributed by atoms with E-state index in [0.717, 1.165) is 49.9 Å². The highest BCUT2D eigenvalue weighted by atomic mass is 16.5. The van der Waals surface area contributed by atoms with Gasteiger partial charge in [-0.15, -0.1) is 0 Å². The first-order valence-electron chi connectivity index (χ1n) is 10.8. The Bertz CT molecular complexity index is 680. The first-order valence-corrected chi connectivity index (χ1v) is 10.8. The van der Waals surface area contributed by atoms with Gasteiger partial charge in [0.05, 0.1) is 20.1 Å². The van der Waals surface area contributed by atoms with E-state index in [4.69, 9.17) is 9.47 Å². The molecule has 1 aromatic rings. The molecule has 3 fully saturated rings. The average molecular weight is 387 g/mol. The predicted octanol–water partition coefficient (Wildman–Crippen LogP) is 2.98. The van der Waals surface area contributed by atoms with Gasteiger partial charge in [0.25, 0.3) is 0 Å². The van der Waals surface area contributed by atoms with E-state index >= 15 is 0 Å². The number of methoxy groups -OCH3 is 2. The summed E-state index contributed by atoms with van der Waals surface area (Å²) in [7, 11) is 3.49. The molecule has 0 N–H and O–H groups in total. The zero-order valence-electron chi connectivity index (χ0n) is 17.4. The van der Waals surface area contributed by atoms with Crippen molar-refractivity contribution in [3.05, 3.63) is 29.8 Å².